The van der Waals surface area contributed by atoms with Crippen molar-refractivity contribution in [3.8, 4) is 17.2 Å². The molecule has 2 aromatic rings. The monoisotopic (exact) mass is 306 g/mol. The van der Waals surface area contributed by atoms with E-state index in [-0.39, 0.29) is 12.8 Å². The van der Waals surface area contributed by atoms with Crippen molar-refractivity contribution in [3.63, 3.8) is 0 Å². The van der Waals surface area contributed by atoms with Gasteiger partial charge >= 0.3 is 0 Å². The van der Waals surface area contributed by atoms with Crippen LogP contribution >= 0.6 is 11.3 Å². The molecular formula is C15H18N2O3S. The van der Waals surface area contributed by atoms with Gasteiger partial charge in [0.05, 0.1) is 7.11 Å². The lowest BCUT2D eigenvalue weighted by molar-refractivity contribution is 0.171. The minimum absolute atomic E-state index is 0.0375. The van der Waals surface area contributed by atoms with Crippen LogP contribution in [0.2, 0.25) is 0 Å². The van der Waals surface area contributed by atoms with Crippen LogP contribution < -0.4 is 25.3 Å². The van der Waals surface area contributed by atoms with Crippen LogP contribution in [-0.2, 0) is 6.54 Å². The highest BCUT2D eigenvalue weighted by atomic mass is 32.1. The summed E-state index contributed by atoms with van der Waals surface area (Å²) in [7, 11) is 1.62. The Bertz CT molecular complexity index is 601. The Morgan fingerprint density at radius 2 is 2.33 bits per heavy atom. The summed E-state index contributed by atoms with van der Waals surface area (Å²) in [4.78, 5) is 1.28. The zero-order valence-electron chi connectivity index (χ0n) is 11.8. The van der Waals surface area contributed by atoms with Crippen molar-refractivity contribution < 1.29 is 14.2 Å². The summed E-state index contributed by atoms with van der Waals surface area (Å²) in [6, 6.07) is 8.10. The molecule has 2 heterocycles. The van der Waals surface area contributed by atoms with Crippen LogP contribution in [0.15, 0.2) is 29.6 Å². The number of hydrogen-bond acceptors (Lipinski definition) is 6. The van der Waals surface area contributed by atoms with Crippen LogP contribution in [0.1, 0.15) is 16.5 Å². The molecule has 3 N–H and O–H groups in total. The van der Waals surface area contributed by atoms with Gasteiger partial charge in [0.2, 0.25) is 12.5 Å². The summed E-state index contributed by atoms with van der Waals surface area (Å²) >= 11 is 1.73. The normalized spacial score (nSPS) is 14.2. The van der Waals surface area contributed by atoms with Gasteiger partial charge in [-0.25, -0.2) is 0 Å². The Kier molecular flexibility index (Phi) is 4.28. The third-order valence-electron chi connectivity index (χ3n) is 3.42. The van der Waals surface area contributed by atoms with E-state index in [9.17, 15) is 0 Å². The van der Waals surface area contributed by atoms with Gasteiger partial charge in [0, 0.05) is 24.0 Å². The quantitative estimate of drug-likeness (QED) is 0.857. The van der Waals surface area contributed by atoms with Crippen LogP contribution in [0.4, 0.5) is 0 Å². The first-order valence-corrected chi connectivity index (χ1v) is 7.63. The largest absolute Gasteiger partial charge is 0.493 e. The molecule has 0 fully saturated rings. The standard InChI is InChI=1S/C15H18N2O3S/c1-18-13-5-10(6-14-15(13)20-9-19-14)12(7-16)17-8-11-3-2-4-21-11/h2-6,12,17H,7-9,16H2,1H3. The molecule has 0 aliphatic carbocycles. The van der Waals surface area contributed by atoms with Gasteiger partial charge in [0.15, 0.2) is 11.5 Å². The van der Waals surface area contributed by atoms with Gasteiger partial charge in [-0.3, -0.25) is 0 Å². The van der Waals surface area contributed by atoms with E-state index in [0.29, 0.717) is 23.8 Å². The lowest BCUT2D eigenvalue weighted by Gasteiger charge is -2.18. The first-order chi connectivity index (χ1) is 10.3. The van der Waals surface area contributed by atoms with Crippen molar-refractivity contribution in [2.75, 3.05) is 20.4 Å². The molecule has 0 spiro atoms. The number of benzene rings is 1. The fourth-order valence-electron chi connectivity index (χ4n) is 2.33. The minimum atomic E-state index is 0.0375. The summed E-state index contributed by atoms with van der Waals surface area (Å²) in [5.41, 5.74) is 6.95. The van der Waals surface area contributed by atoms with Crippen LogP contribution in [0, 0.1) is 0 Å². The summed E-state index contributed by atoms with van der Waals surface area (Å²) in [6.07, 6.45) is 0. The minimum Gasteiger partial charge on any atom is -0.493 e. The second kappa shape index (κ2) is 6.34. The van der Waals surface area contributed by atoms with Crippen molar-refractivity contribution in [1.29, 1.82) is 0 Å². The van der Waals surface area contributed by atoms with Gasteiger partial charge in [-0.1, -0.05) is 6.07 Å². The Morgan fingerprint density at radius 1 is 1.43 bits per heavy atom. The maximum absolute atomic E-state index is 5.91. The van der Waals surface area contributed by atoms with E-state index >= 15 is 0 Å². The average molecular weight is 306 g/mol. The van der Waals surface area contributed by atoms with E-state index < -0.39 is 0 Å². The zero-order valence-corrected chi connectivity index (χ0v) is 12.6. The molecule has 3 rings (SSSR count). The molecule has 1 aromatic carbocycles. The first-order valence-electron chi connectivity index (χ1n) is 6.75. The Balaban J connectivity index is 1.80. The van der Waals surface area contributed by atoms with Crippen LogP contribution in [0.3, 0.4) is 0 Å². The SMILES string of the molecule is COc1cc(C(CN)NCc2cccs2)cc2c1OCO2. The average Bonchev–Trinajstić information content (AvgIpc) is 3.17. The molecule has 1 aliphatic heterocycles. The van der Waals surface area contributed by atoms with Crippen molar-refractivity contribution in [2.24, 2.45) is 5.73 Å². The molecule has 0 amide bonds. The third-order valence-corrected chi connectivity index (χ3v) is 4.30. The van der Waals surface area contributed by atoms with Crippen LogP contribution in [0.25, 0.3) is 0 Å². The highest BCUT2D eigenvalue weighted by Gasteiger charge is 2.22. The second-order valence-corrected chi connectivity index (χ2v) is 5.74. The fraction of sp³-hybridized carbons (Fsp3) is 0.333. The zero-order chi connectivity index (χ0) is 14.7. The van der Waals surface area contributed by atoms with Crippen molar-refractivity contribution >= 4 is 11.3 Å². The van der Waals surface area contributed by atoms with Gasteiger partial charge in [-0.05, 0) is 29.1 Å². The van der Waals surface area contributed by atoms with E-state index in [0.717, 1.165) is 12.1 Å². The van der Waals surface area contributed by atoms with E-state index in [1.54, 1.807) is 18.4 Å². The van der Waals surface area contributed by atoms with E-state index in [1.165, 1.54) is 4.88 Å². The molecule has 112 valence electrons. The van der Waals surface area contributed by atoms with E-state index in [1.807, 2.05) is 18.2 Å². The highest BCUT2D eigenvalue weighted by Crippen LogP contribution is 2.42. The number of nitrogens with one attached hydrogen (secondary N) is 1. The molecule has 21 heavy (non-hydrogen) atoms. The summed E-state index contributed by atoms with van der Waals surface area (Å²) in [5.74, 6) is 2.05. The summed E-state index contributed by atoms with van der Waals surface area (Å²) in [6.45, 7) is 1.51. The predicted octanol–water partition coefficient (Wildman–Crippen LogP) is 2.28. The molecule has 6 heteroatoms. The van der Waals surface area contributed by atoms with Gasteiger partial charge in [0.25, 0.3) is 0 Å². The molecule has 1 unspecified atom stereocenters. The van der Waals surface area contributed by atoms with Crippen molar-refractivity contribution in [3.05, 3.63) is 40.1 Å². The molecule has 0 radical (unpaired) electrons. The molecule has 0 saturated heterocycles. The van der Waals surface area contributed by atoms with Gasteiger partial charge in [0.1, 0.15) is 0 Å². The Labute approximate surface area is 127 Å². The second-order valence-electron chi connectivity index (χ2n) is 4.71. The molecule has 1 aliphatic rings. The summed E-state index contributed by atoms with van der Waals surface area (Å²) < 4.78 is 16.2. The van der Waals surface area contributed by atoms with Gasteiger partial charge in [-0.15, -0.1) is 11.3 Å². The smallest absolute Gasteiger partial charge is 0.231 e. The number of methoxy groups -OCH3 is 1. The third kappa shape index (κ3) is 2.97. The summed E-state index contributed by atoms with van der Waals surface area (Å²) in [5, 5.41) is 5.53. The van der Waals surface area contributed by atoms with E-state index in [4.69, 9.17) is 19.9 Å². The van der Waals surface area contributed by atoms with E-state index in [2.05, 4.69) is 16.8 Å². The molecule has 1 aromatic heterocycles. The molecule has 5 nitrogen and oxygen atoms in total. The number of fused-ring (bicyclic) bond motifs is 1. The maximum atomic E-state index is 5.91. The number of hydrogen-bond donors (Lipinski definition) is 2. The Morgan fingerprint density at radius 3 is 3.05 bits per heavy atom. The Hall–Kier alpha value is -1.76. The molecular weight excluding hydrogens is 288 g/mol. The number of nitrogens with two attached hydrogens (primary N) is 1. The highest BCUT2D eigenvalue weighted by molar-refractivity contribution is 7.09. The number of thiophene rings is 1. The molecule has 0 saturated carbocycles. The first kappa shape index (κ1) is 14.2. The lowest BCUT2D eigenvalue weighted by atomic mass is 10.1. The predicted molar refractivity (Wildman–Crippen MR) is 82.1 cm³/mol. The van der Waals surface area contributed by atoms with Crippen molar-refractivity contribution in [2.45, 2.75) is 12.6 Å². The fourth-order valence-corrected chi connectivity index (χ4v) is 2.98. The van der Waals surface area contributed by atoms with Crippen LogP contribution in [0.5, 0.6) is 17.2 Å². The maximum Gasteiger partial charge on any atom is 0.231 e. The van der Waals surface area contributed by atoms with Gasteiger partial charge in [-0.2, -0.15) is 0 Å². The molecule has 0 bridgehead atoms. The van der Waals surface area contributed by atoms with Crippen LogP contribution in [-0.4, -0.2) is 20.4 Å². The van der Waals surface area contributed by atoms with Gasteiger partial charge < -0.3 is 25.3 Å². The number of rotatable bonds is 6. The van der Waals surface area contributed by atoms with Crippen molar-refractivity contribution in [1.82, 2.24) is 5.32 Å². The molecule has 1 atom stereocenters. The number of ether oxygens (including phenoxy) is 3. The topological polar surface area (TPSA) is 65.7 Å². The lowest BCUT2D eigenvalue weighted by Crippen LogP contribution is -2.27.